The topological polar surface area (TPSA) is 46.6 Å². The minimum absolute atomic E-state index is 0.104. The van der Waals surface area contributed by atoms with Crippen molar-refractivity contribution in [1.82, 2.24) is 4.90 Å². The zero-order chi connectivity index (χ0) is 12.0. The highest BCUT2D eigenvalue weighted by Crippen LogP contribution is 2.18. The van der Waals surface area contributed by atoms with Gasteiger partial charge in [-0.1, -0.05) is 13.5 Å². The van der Waals surface area contributed by atoms with E-state index in [9.17, 15) is 9.59 Å². The Bertz CT molecular complexity index is 275. The predicted molar refractivity (Wildman–Crippen MR) is 60.8 cm³/mol. The molecule has 1 aliphatic heterocycles. The Hall–Kier alpha value is -1.32. The number of amides is 1. The predicted octanol–water partition coefficient (Wildman–Crippen LogP) is 1.36. The van der Waals surface area contributed by atoms with E-state index in [0.717, 1.165) is 19.3 Å². The Kier molecular flexibility index (Phi) is 5.02. The van der Waals surface area contributed by atoms with E-state index >= 15 is 0 Å². The van der Waals surface area contributed by atoms with Crippen molar-refractivity contribution in [2.75, 3.05) is 19.7 Å². The number of nitrogens with zero attached hydrogens (tertiary/aromatic N) is 1. The summed E-state index contributed by atoms with van der Waals surface area (Å²) in [5.41, 5.74) is 0. The van der Waals surface area contributed by atoms with Crippen LogP contribution in [-0.4, -0.2) is 36.5 Å². The molecule has 16 heavy (non-hydrogen) atoms. The maximum atomic E-state index is 11.6. The van der Waals surface area contributed by atoms with Gasteiger partial charge in [-0.05, 0) is 25.3 Å². The van der Waals surface area contributed by atoms with E-state index in [0.29, 0.717) is 19.7 Å². The van der Waals surface area contributed by atoms with Crippen LogP contribution in [0.4, 0.5) is 0 Å². The first-order valence-corrected chi connectivity index (χ1v) is 5.77. The summed E-state index contributed by atoms with van der Waals surface area (Å²) >= 11 is 0. The van der Waals surface area contributed by atoms with Gasteiger partial charge in [0.05, 0.1) is 12.5 Å². The molecular formula is C12H19NO3. The zero-order valence-electron chi connectivity index (χ0n) is 9.78. The first-order valence-electron chi connectivity index (χ1n) is 5.77. The number of likely N-dealkylation sites (tertiary alicyclic amines) is 1. The van der Waals surface area contributed by atoms with Crippen LogP contribution in [0, 0.1) is 5.92 Å². The molecule has 1 amide bonds. The van der Waals surface area contributed by atoms with Crippen LogP contribution >= 0.6 is 0 Å². The molecule has 0 bridgehead atoms. The van der Waals surface area contributed by atoms with Crippen molar-refractivity contribution in [3.05, 3.63) is 12.7 Å². The minimum atomic E-state index is -0.177. The number of carbonyl (C=O) groups excluding carboxylic acids is 2. The van der Waals surface area contributed by atoms with Crippen molar-refractivity contribution in [3.8, 4) is 0 Å². The second-order valence-corrected chi connectivity index (χ2v) is 4.00. The summed E-state index contributed by atoms with van der Waals surface area (Å²) in [6.45, 7) is 7.05. The van der Waals surface area contributed by atoms with Gasteiger partial charge in [-0.2, -0.15) is 0 Å². The lowest BCUT2D eigenvalue weighted by Crippen LogP contribution is -2.42. The number of esters is 1. The van der Waals surface area contributed by atoms with Gasteiger partial charge in [0.1, 0.15) is 0 Å². The number of ether oxygens (including phenoxy) is 1. The van der Waals surface area contributed by atoms with Crippen LogP contribution in [0.1, 0.15) is 26.2 Å². The Morgan fingerprint density at radius 2 is 2.31 bits per heavy atom. The molecule has 0 aliphatic carbocycles. The molecule has 1 unspecified atom stereocenters. The van der Waals surface area contributed by atoms with Crippen LogP contribution in [0.2, 0.25) is 0 Å². The third-order valence-electron chi connectivity index (χ3n) is 2.69. The molecule has 0 spiro atoms. The number of rotatable bonds is 4. The van der Waals surface area contributed by atoms with Crippen LogP contribution < -0.4 is 0 Å². The fourth-order valence-corrected chi connectivity index (χ4v) is 1.82. The second kappa shape index (κ2) is 6.30. The normalized spacial score (nSPS) is 20.3. The molecule has 1 fully saturated rings. The van der Waals surface area contributed by atoms with E-state index in [1.54, 1.807) is 4.90 Å². The van der Waals surface area contributed by atoms with Crippen LogP contribution in [0.25, 0.3) is 0 Å². The van der Waals surface area contributed by atoms with Crippen molar-refractivity contribution in [2.24, 2.45) is 5.92 Å². The quantitative estimate of drug-likeness (QED) is 0.536. The summed E-state index contributed by atoms with van der Waals surface area (Å²) in [6, 6.07) is 0. The summed E-state index contributed by atoms with van der Waals surface area (Å²) in [5.74, 6) is -0.444. The Labute approximate surface area is 96.3 Å². The van der Waals surface area contributed by atoms with E-state index < -0.39 is 0 Å². The zero-order valence-corrected chi connectivity index (χ0v) is 9.78. The van der Waals surface area contributed by atoms with Gasteiger partial charge in [0.2, 0.25) is 5.91 Å². The van der Waals surface area contributed by atoms with Gasteiger partial charge in [0, 0.05) is 13.1 Å². The Morgan fingerprint density at radius 3 is 2.94 bits per heavy atom. The molecule has 0 aromatic carbocycles. The number of carbonyl (C=O) groups is 2. The van der Waals surface area contributed by atoms with Crippen molar-refractivity contribution < 1.29 is 14.3 Å². The van der Waals surface area contributed by atoms with Crippen molar-refractivity contribution >= 4 is 11.9 Å². The highest BCUT2D eigenvalue weighted by molar-refractivity contribution is 5.87. The number of hydrogen-bond acceptors (Lipinski definition) is 3. The third-order valence-corrected chi connectivity index (χ3v) is 2.69. The highest BCUT2D eigenvalue weighted by Gasteiger charge is 2.28. The fraction of sp³-hybridized carbons (Fsp3) is 0.667. The maximum absolute atomic E-state index is 11.6. The van der Waals surface area contributed by atoms with Gasteiger partial charge in [-0.15, -0.1) is 0 Å². The Balaban J connectivity index is 2.46. The maximum Gasteiger partial charge on any atom is 0.310 e. The van der Waals surface area contributed by atoms with Crippen LogP contribution in [0.3, 0.4) is 0 Å². The van der Waals surface area contributed by atoms with Gasteiger partial charge in [0.15, 0.2) is 0 Å². The molecule has 0 saturated carbocycles. The van der Waals surface area contributed by atoms with E-state index in [1.807, 2.05) is 6.92 Å². The first kappa shape index (κ1) is 12.7. The van der Waals surface area contributed by atoms with Crippen molar-refractivity contribution in [2.45, 2.75) is 26.2 Å². The van der Waals surface area contributed by atoms with Gasteiger partial charge in [-0.25, -0.2) is 0 Å². The molecule has 0 radical (unpaired) electrons. The average Bonchev–Trinajstić information content (AvgIpc) is 2.35. The molecule has 0 aromatic rings. The van der Waals surface area contributed by atoms with Crippen LogP contribution in [0.15, 0.2) is 12.7 Å². The number of piperidine rings is 1. The molecule has 1 rings (SSSR count). The summed E-state index contributed by atoms with van der Waals surface area (Å²) in [4.78, 5) is 24.7. The van der Waals surface area contributed by atoms with E-state index in [1.165, 1.54) is 6.08 Å². The van der Waals surface area contributed by atoms with E-state index in [2.05, 4.69) is 6.58 Å². The van der Waals surface area contributed by atoms with Gasteiger partial charge < -0.3 is 9.64 Å². The standard InChI is InChI=1S/C12H19NO3/c1-3-8-16-12(15)10-6-5-7-13(9-10)11(14)4-2/h4,10H,2-3,5-9H2,1H3. The van der Waals surface area contributed by atoms with Gasteiger partial charge in [0.25, 0.3) is 0 Å². The van der Waals surface area contributed by atoms with Crippen molar-refractivity contribution in [3.63, 3.8) is 0 Å². The molecule has 0 N–H and O–H groups in total. The molecule has 0 aromatic heterocycles. The summed E-state index contributed by atoms with van der Waals surface area (Å²) in [5, 5.41) is 0. The second-order valence-electron chi connectivity index (χ2n) is 4.00. The molecule has 90 valence electrons. The molecule has 4 nitrogen and oxygen atoms in total. The molecular weight excluding hydrogens is 206 g/mol. The summed E-state index contributed by atoms with van der Waals surface area (Å²) in [7, 11) is 0. The lowest BCUT2D eigenvalue weighted by molar-refractivity contribution is -0.151. The number of hydrogen-bond donors (Lipinski definition) is 0. The van der Waals surface area contributed by atoms with Crippen molar-refractivity contribution in [1.29, 1.82) is 0 Å². The summed E-state index contributed by atoms with van der Waals surface area (Å²) < 4.78 is 5.09. The molecule has 1 saturated heterocycles. The molecule has 1 atom stereocenters. The smallest absolute Gasteiger partial charge is 0.310 e. The highest BCUT2D eigenvalue weighted by atomic mass is 16.5. The first-order chi connectivity index (χ1) is 7.69. The van der Waals surface area contributed by atoms with Crippen LogP contribution in [-0.2, 0) is 14.3 Å². The minimum Gasteiger partial charge on any atom is -0.465 e. The van der Waals surface area contributed by atoms with Gasteiger partial charge >= 0.3 is 5.97 Å². The largest absolute Gasteiger partial charge is 0.465 e. The molecule has 1 aliphatic rings. The molecule has 4 heteroatoms. The summed E-state index contributed by atoms with van der Waals surface area (Å²) in [6.07, 6.45) is 3.78. The third kappa shape index (κ3) is 3.36. The van der Waals surface area contributed by atoms with Crippen LogP contribution in [0.5, 0.6) is 0 Å². The fourth-order valence-electron chi connectivity index (χ4n) is 1.82. The average molecular weight is 225 g/mol. The lowest BCUT2D eigenvalue weighted by Gasteiger charge is -2.30. The van der Waals surface area contributed by atoms with E-state index in [4.69, 9.17) is 4.74 Å². The lowest BCUT2D eigenvalue weighted by atomic mass is 9.98. The Morgan fingerprint density at radius 1 is 1.56 bits per heavy atom. The SMILES string of the molecule is C=CC(=O)N1CCCC(C(=O)OCCC)C1. The van der Waals surface area contributed by atoms with E-state index in [-0.39, 0.29) is 17.8 Å². The molecule has 1 heterocycles. The monoisotopic (exact) mass is 225 g/mol. The van der Waals surface area contributed by atoms with Gasteiger partial charge in [-0.3, -0.25) is 9.59 Å².